The molecular weight excluding hydrogens is 270 g/mol. The molecule has 84 valence electrons. The molecular formula is C12H12BrNO2. The first kappa shape index (κ1) is 11.2. The van der Waals surface area contributed by atoms with Crippen LogP contribution in [0.25, 0.3) is 10.9 Å². The Hall–Kier alpha value is -1.29. The Kier molecular flexibility index (Phi) is 3.01. The van der Waals surface area contributed by atoms with Gasteiger partial charge in [-0.05, 0) is 30.7 Å². The van der Waals surface area contributed by atoms with E-state index in [1.54, 1.807) is 0 Å². The third kappa shape index (κ3) is 1.97. The summed E-state index contributed by atoms with van der Waals surface area (Å²) in [7, 11) is 1.41. The number of aromatic amines is 1. The van der Waals surface area contributed by atoms with Gasteiger partial charge in [-0.3, -0.25) is 4.79 Å². The zero-order chi connectivity index (χ0) is 11.7. The Morgan fingerprint density at radius 3 is 2.94 bits per heavy atom. The van der Waals surface area contributed by atoms with Crippen molar-refractivity contribution in [3.63, 3.8) is 0 Å². The molecule has 0 fully saturated rings. The number of rotatable bonds is 2. The monoisotopic (exact) mass is 281 g/mol. The number of hydrogen-bond acceptors (Lipinski definition) is 2. The number of aromatic nitrogens is 1. The van der Waals surface area contributed by atoms with E-state index in [0.717, 1.165) is 26.6 Å². The Labute approximate surface area is 102 Å². The quantitative estimate of drug-likeness (QED) is 0.860. The second kappa shape index (κ2) is 4.29. The number of carbonyl (C=O) groups is 1. The van der Waals surface area contributed by atoms with Crippen molar-refractivity contribution >= 4 is 32.8 Å². The van der Waals surface area contributed by atoms with Gasteiger partial charge >= 0.3 is 5.97 Å². The lowest BCUT2D eigenvalue weighted by Gasteiger charge is -2.00. The topological polar surface area (TPSA) is 42.1 Å². The normalized spacial score (nSPS) is 10.7. The van der Waals surface area contributed by atoms with Gasteiger partial charge in [0.25, 0.3) is 0 Å². The van der Waals surface area contributed by atoms with Gasteiger partial charge in [-0.2, -0.15) is 0 Å². The van der Waals surface area contributed by atoms with Crippen molar-refractivity contribution in [2.75, 3.05) is 7.11 Å². The predicted molar refractivity (Wildman–Crippen MR) is 66.5 cm³/mol. The minimum absolute atomic E-state index is 0.219. The third-order valence-corrected chi connectivity index (χ3v) is 3.12. The molecule has 0 aliphatic heterocycles. The summed E-state index contributed by atoms with van der Waals surface area (Å²) in [6, 6.07) is 5.98. The molecule has 0 amide bonds. The number of methoxy groups -OCH3 is 1. The molecule has 16 heavy (non-hydrogen) atoms. The summed E-state index contributed by atoms with van der Waals surface area (Å²) in [5.74, 6) is -0.219. The van der Waals surface area contributed by atoms with Gasteiger partial charge in [0.05, 0.1) is 13.5 Å². The van der Waals surface area contributed by atoms with Crippen LogP contribution < -0.4 is 0 Å². The number of fused-ring (bicyclic) bond motifs is 1. The molecule has 0 radical (unpaired) electrons. The molecule has 0 aliphatic carbocycles. The van der Waals surface area contributed by atoms with E-state index in [4.69, 9.17) is 4.74 Å². The summed E-state index contributed by atoms with van der Waals surface area (Å²) < 4.78 is 5.70. The highest BCUT2D eigenvalue weighted by Gasteiger charge is 2.12. The summed E-state index contributed by atoms with van der Waals surface area (Å²) in [5, 5.41) is 1.07. The van der Waals surface area contributed by atoms with Crippen LogP contribution in [0.1, 0.15) is 11.3 Å². The van der Waals surface area contributed by atoms with E-state index in [2.05, 4.69) is 20.9 Å². The van der Waals surface area contributed by atoms with Crippen LogP contribution >= 0.6 is 15.9 Å². The molecule has 1 N–H and O–H groups in total. The standard InChI is InChI=1S/C12H12BrNO2/c1-7-9(6-12(15)16-2)10-5-8(13)3-4-11(10)14-7/h3-5,14H,6H2,1-2H3. The van der Waals surface area contributed by atoms with E-state index in [0.29, 0.717) is 6.42 Å². The first-order valence-corrected chi connectivity index (χ1v) is 5.74. The molecule has 1 aromatic carbocycles. The molecule has 2 aromatic rings. The van der Waals surface area contributed by atoms with E-state index in [9.17, 15) is 4.79 Å². The number of halogens is 1. The van der Waals surface area contributed by atoms with Crippen LogP contribution in [-0.4, -0.2) is 18.1 Å². The van der Waals surface area contributed by atoms with E-state index in [-0.39, 0.29) is 5.97 Å². The van der Waals surface area contributed by atoms with Gasteiger partial charge in [0, 0.05) is 21.1 Å². The summed E-state index contributed by atoms with van der Waals surface area (Å²) in [5.41, 5.74) is 3.06. The number of H-pyrrole nitrogens is 1. The maximum absolute atomic E-state index is 11.3. The number of hydrogen-bond donors (Lipinski definition) is 1. The SMILES string of the molecule is COC(=O)Cc1c(C)[nH]c2ccc(Br)cc12. The van der Waals surface area contributed by atoms with Crippen molar-refractivity contribution < 1.29 is 9.53 Å². The van der Waals surface area contributed by atoms with Crippen molar-refractivity contribution in [2.45, 2.75) is 13.3 Å². The molecule has 0 atom stereocenters. The lowest BCUT2D eigenvalue weighted by Crippen LogP contribution is -2.04. The number of esters is 1. The largest absolute Gasteiger partial charge is 0.469 e. The van der Waals surface area contributed by atoms with Gasteiger partial charge in [-0.15, -0.1) is 0 Å². The molecule has 0 unspecified atom stereocenters. The maximum Gasteiger partial charge on any atom is 0.310 e. The molecule has 0 saturated heterocycles. The highest BCUT2D eigenvalue weighted by Crippen LogP contribution is 2.26. The molecule has 1 aromatic heterocycles. The van der Waals surface area contributed by atoms with Crippen molar-refractivity contribution in [3.8, 4) is 0 Å². The molecule has 2 rings (SSSR count). The second-order valence-electron chi connectivity index (χ2n) is 3.67. The van der Waals surface area contributed by atoms with E-state index >= 15 is 0 Å². The fraction of sp³-hybridized carbons (Fsp3) is 0.250. The third-order valence-electron chi connectivity index (χ3n) is 2.63. The van der Waals surface area contributed by atoms with Crippen LogP contribution in [0.4, 0.5) is 0 Å². The molecule has 0 saturated carbocycles. The Bertz CT molecular complexity index is 545. The smallest absolute Gasteiger partial charge is 0.310 e. The van der Waals surface area contributed by atoms with Crippen molar-refractivity contribution in [3.05, 3.63) is 33.9 Å². The van der Waals surface area contributed by atoms with Crippen LogP contribution in [0, 0.1) is 6.92 Å². The van der Waals surface area contributed by atoms with Gasteiger partial charge in [0.15, 0.2) is 0 Å². The van der Waals surface area contributed by atoms with Crippen molar-refractivity contribution in [1.29, 1.82) is 0 Å². The highest BCUT2D eigenvalue weighted by atomic mass is 79.9. The van der Waals surface area contributed by atoms with E-state index in [1.807, 2.05) is 25.1 Å². The second-order valence-corrected chi connectivity index (χ2v) is 4.59. The Morgan fingerprint density at radius 2 is 2.25 bits per heavy atom. The first-order chi connectivity index (χ1) is 7.61. The minimum atomic E-state index is -0.219. The van der Waals surface area contributed by atoms with Crippen LogP contribution in [0.3, 0.4) is 0 Å². The van der Waals surface area contributed by atoms with Gasteiger partial charge in [0.2, 0.25) is 0 Å². The fourth-order valence-electron chi connectivity index (χ4n) is 1.80. The molecule has 3 nitrogen and oxygen atoms in total. The average molecular weight is 282 g/mol. The van der Waals surface area contributed by atoms with Gasteiger partial charge in [-0.1, -0.05) is 15.9 Å². The van der Waals surface area contributed by atoms with Crippen LogP contribution in [0.15, 0.2) is 22.7 Å². The average Bonchev–Trinajstić information content (AvgIpc) is 2.55. The lowest BCUT2D eigenvalue weighted by atomic mass is 10.1. The number of carbonyl (C=O) groups excluding carboxylic acids is 1. The maximum atomic E-state index is 11.3. The molecule has 1 heterocycles. The van der Waals surface area contributed by atoms with Gasteiger partial charge in [0.1, 0.15) is 0 Å². The Morgan fingerprint density at radius 1 is 1.50 bits per heavy atom. The number of ether oxygens (including phenoxy) is 1. The van der Waals surface area contributed by atoms with Gasteiger partial charge in [-0.25, -0.2) is 0 Å². The van der Waals surface area contributed by atoms with E-state index in [1.165, 1.54) is 7.11 Å². The highest BCUT2D eigenvalue weighted by molar-refractivity contribution is 9.10. The fourth-order valence-corrected chi connectivity index (χ4v) is 2.16. The molecule has 0 spiro atoms. The minimum Gasteiger partial charge on any atom is -0.469 e. The van der Waals surface area contributed by atoms with Crippen molar-refractivity contribution in [1.82, 2.24) is 4.98 Å². The molecule has 4 heteroatoms. The van der Waals surface area contributed by atoms with E-state index < -0.39 is 0 Å². The van der Waals surface area contributed by atoms with Gasteiger partial charge < -0.3 is 9.72 Å². The summed E-state index contributed by atoms with van der Waals surface area (Å²) >= 11 is 3.43. The van der Waals surface area contributed by atoms with Crippen LogP contribution in [0.2, 0.25) is 0 Å². The Balaban J connectivity index is 2.54. The lowest BCUT2D eigenvalue weighted by molar-refractivity contribution is -0.139. The summed E-state index contributed by atoms with van der Waals surface area (Å²) in [6.07, 6.45) is 0.304. The van der Waals surface area contributed by atoms with Crippen LogP contribution in [0.5, 0.6) is 0 Å². The molecule has 0 aliphatic rings. The predicted octanol–water partition coefficient (Wildman–Crippen LogP) is 2.95. The zero-order valence-electron chi connectivity index (χ0n) is 9.13. The zero-order valence-corrected chi connectivity index (χ0v) is 10.7. The number of benzene rings is 1. The summed E-state index contributed by atoms with van der Waals surface area (Å²) in [4.78, 5) is 14.6. The first-order valence-electron chi connectivity index (χ1n) is 4.95. The number of aryl methyl sites for hydroxylation is 1. The van der Waals surface area contributed by atoms with Crippen LogP contribution in [-0.2, 0) is 16.0 Å². The number of nitrogens with one attached hydrogen (secondary N) is 1. The van der Waals surface area contributed by atoms with Crippen molar-refractivity contribution in [2.24, 2.45) is 0 Å². The summed E-state index contributed by atoms with van der Waals surface area (Å²) in [6.45, 7) is 1.96. The molecule has 0 bridgehead atoms.